The molecule has 0 fully saturated rings. The van der Waals surface area contributed by atoms with Gasteiger partial charge in [-0.05, 0) is 44.7 Å². The van der Waals surface area contributed by atoms with E-state index in [2.05, 4.69) is 16.7 Å². The van der Waals surface area contributed by atoms with Crippen molar-refractivity contribution in [3.05, 3.63) is 20.8 Å². The number of thiophene rings is 1. The van der Waals surface area contributed by atoms with Gasteiger partial charge in [-0.25, -0.2) is 0 Å². The van der Waals surface area contributed by atoms with Crippen LogP contribution in [0.3, 0.4) is 0 Å². The Bertz CT molecular complexity index is 445. The average molecular weight is 301 g/mol. The Morgan fingerprint density at radius 3 is 3.11 bits per heavy atom. The van der Waals surface area contributed by atoms with Crippen LogP contribution < -0.4 is 10.6 Å². The molecule has 0 aliphatic heterocycles. The van der Waals surface area contributed by atoms with Crippen LogP contribution in [0.15, 0.2) is 6.07 Å². The fourth-order valence-corrected chi connectivity index (χ4v) is 3.87. The summed E-state index contributed by atoms with van der Waals surface area (Å²) in [5, 5.41) is 6.39. The zero-order valence-corrected chi connectivity index (χ0v) is 13.0. The summed E-state index contributed by atoms with van der Waals surface area (Å²) in [5.41, 5.74) is 1.34. The summed E-state index contributed by atoms with van der Waals surface area (Å²) in [6.45, 7) is 4.67. The van der Waals surface area contributed by atoms with Crippen LogP contribution in [0.5, 0.6) is 0 Å². The maximum Gasteiger partial charge on any atom is 0.221 e. The van der Waals surface area contributed by atoms with Gasteiger partial charge < -0.3 is 10.6 Å². The molecule has 1 aromatic rings. The number of rotatable bonds is 5. The lowest BCUT2D eigenvalue weighted by molar-refractivity contribution is -0.121. The molecule has 0 spiro atoms. The fourth-order valence-electron chi connectivity index (χ4n) is 2.49. The lowest BCUT2D eigenvalue weighted by atomic mass is 9.94. The number of fused-ring (bicyclic) bond motifs is 1. The van der Waals surface area contributed by atoms with Gasteiger partial charge in [-0.3, -0.25) is 4.79 Å². The van der Waals surface area contributed by atoms with Gasteiger partial charge in [-0.2, -0.15) is 0 Å². The zero-order valence-electron chi connectivity index (χ0n) is 11.5. The molecule has 1 unspecified atom stereocenters. The van der Waals surface area contributed by atoms with Crippen LogP contribution in [0, 0.1) is 0 Å². The first-order chi connectivity index (χ1) is 9.06. The molecule has 0 radical (unpaired) electrons. The summed E-state index contributed by atoms with van der Waals surface area (Å²) < 4.78 is 0.872. The predicted octanol–water partition coefficient (Wildman–Crippen LogP) is 3.28. The molecule has 1 amide bonds. The van der Waals surface area contributed by atoms with Crippen LogP contribution in [0.4, 0.5) is 0 Å². The first kappa shape index (κ1) is 14.8. The molecule has 0 saturated carbocycles. The van der Waals surface area contributed by atoms with Gasteiger partial charge in [0, 0.05) is 29.9 Å². The maximum atomic E-state index is 11.6. The van der Waals surface area contributed by atoms with Crippen molar-refractivity contribution in [1.29, 1.82) is 0 Å². The Labute approximate surface area is 123 Å². The smallest absolute Gasteiger partial charge is 0.221 e. The number of aryl methyl sites for hydroxylation is 1. The van der Waals surface area contributed by atoms with Crippen molar-refractivity contribution >= 4 is 28.8 Å². The SMILES string of the molecule is CC(C)NC(=O)CCNC1CCCc2sc(Cl)cc21. The van der Waals surface area contributed by atoms with E-state index in [0.717, 1.165) is 23.7 Å². The number of hydrogen-bond acceptors (Lipinski definition) is 3. The number of hydrogen-bond donors (Lipinski definition) is 2. The molecular weight excluding hydrogens is 280 g/mol. The van der Waals surface area contributed by atoms with Crippen molar-refractivity contribution in [3.63, 3.8) is 0 Å². The summed E-state index contributed by atoms with van der Waals surface area (Å²) in [4.78, 5) is 13.0. The van der Waals surface area contributed by atoms with Gasteiger partial charge in [0.2, 0.25) is 5.91 Å². The Hall–Kier alpha value is -0.580. The van der Waals surface area contributed by atoms with E-state index in [1.165, 1.54) is 16.9 Å². The molecule has 1 aromatic heterocycles. The second-order valence-corrected chi connectivity index (χ2v) is 7.07. The molecule has 0 aromatic carbocycles. The second-order valence-electron chi connectivity index (χ2n) is 5.30. The van der Waals surface area contributed by atoms with Gasteiger partial charge in [0.25, 0.3) is 0 Å². The molecule has 1 aliphatic carbocycles. The third-order valence-corrected chi connectivity index (χ3v) is 4.62. The van der Waals surface area contributed by atoms with Gasteiger partial charge in [0.15, 0.2) is 0 Å². The first-order valence-corrected chi connectivity index (χ1v) is 8.06. The highest BCUT2D eigenvalue weighted by Crippen LogP contribution is 2.37. The lowest BCUT2D eigenvalue weighted by Crippen LogP contribution is -2.33. The molecule has 1 heterocycles. The molecule has 3 nitrogen and oxygen atoms in total. The minimum absolute atomic E-state index is 0.113. The van der Waals surface area contributed by atoms with Crippen LogP contribution in [0.25, 0.3) is 0 Å². The Morgan fingerprint density at radius 2 is 2.37 bits per heavy atom. The summed E-state index contributed by atoms with van der Waals surface area (Å²) in [7, 11) is 0. The summed E-state index contributed by atoms with van der Waals surface area (Å²) in [6.07, 6.45) is 3.99. The molecule has 19 heavy (non-hydrogen) atoms. The van der Waals surface area contributed by atoms with E-state index >= 15 is 0 Å². The van der Waals surface area contributed by atoms with Gasteiger partial charge in [-0.1, -0.05) is 11.6 Å². The largest absolute Gasteiger partial charge is 0.354 e. The Morgan fingerprint density at radius 1 is 1.58 bits per heavy atom. The van der Waals surface area contributed by atoms with Gasteiger partial charge in [0.1, 0.15) is 0 Å². The van der Waals surface area contributed by atoms with Crippen molar-refractivity contribution in [2.75, 3.05) is 6.54 Å². The molecule has 0 saturated heterocycles. The van der Waals surface area contributed by atoms with E-state index in [1.807, 2.05) is 13.8 Å². The fraction of sp³-hybridized carbons (Fsp3) is 0.643. The van der Waals surface area contributed by atoms with E-state index in [1.54, 1.807) is 11.3 Å². The number of carbonyl (C=O) groups is 1. The van der Waals surface area contributed by atoms with Crippen LogP contribution in [-0.4, -0.2) is 18.5 Å². The van der Waals surface area contributed by atoms with Crippen LogP contribution in [0.2, 0.25) is 4.34 Å². The predicted molar refractivity (Wildman–Crippen MR) is 80.9 cm³/mol. The number of amides is 1. The monoisotopic (exact) mass is 300 g/mol. The maximum absolute atomic E-state index is 11.6. The third kappa shape index (κ3) is 4.20. The highest BCUT2D eigenvalue weighted by molar-refractivity contribution is 7.16. The molecule has 106 valence electrons. The first-order valence-electron chi connectivity index (χ1n) is 6.87. The van der Waals surface area contributed by atoms with Crippen LogP contribution in [0.1, 0.15) is 49.6 Å². The minimum Gasteiger partial charge on any atom is -0.354 e. The summed E-state index contributed by atoms with van der Waals surface area (Å²) >= 11 is 7.77. The number of nitrogens with one attached hydrogen (secondary N) is 2. The van der Waals surface area contributed by atoms with E-state index in [4.69, 9.17) is 11.6 Å². The minimum atomic E-state index is 0.113. The summed E-state index contributed by atoms with van der Waals surface area (Å²) in [5.74, 6) is 0.113. The topological polar surface area (TPSA) is 41.1 Å². The standard InChI is InChI=1S/C14H21ClN2OS/c1-9(2)17-14(18)6-7-16-11-4-3-5-12-10(11)8-13(15)19-12/h8-9,11,16H,3-7H2,1-2H3,(H,17,18). The molecule has 5 heteroatoms. The van der Waals surface area contributed by atoms with Gasteiger partial charge in [0.05, 0.1) is 4.34 Å². The molecule has 0 bridgehead atoms. The van der Waals surface area contributed by atoms with E-state index in [-0.39, 0.29) is 11.9 Å². The van der Waals surface area contributed by atoms with Crippen molar-refractivity contribution in [1.82, 2.24) is 10.6 Å². The van der Waals surface area contributed by atoms with E-state index in [0.29, 0.717) is 12.5 Å². The van der Waals surface area contributed by atoms with Crippen molar-refractivity contribution in [3.8, 4) is 0 Å². The van der Waals surface area contributed by atoms with Crippen molar-refractivity contribution < 1.29 is 4.79 Å². The van der Waals surface area contributed by atoms with Gasteiger partial charge in [-0.15, -0.1) is 11.3 Å². The number of carbonyl (C=O) groups excluding carboxylic acids is 1. The molecule has 2 rings (SSSR count). The molecule has 1 aliphatic rings. The van der Waals surface area contributed by atoms with E-state index in [9.17, 15) is 4.79 Å². The van der Waals surface area contributed by atoms with E-state index < -0.39 is 0 Å². The highest BCUT2D eigenvalue weighted by Gasteiger charge is 2.22. The molecule has 1 atom stereocenters. The normalized spacial score (nSPS) is 18.4. The summed E-state index contributed by atoms with van der Waals surface area (Å²) in [6, 6.07) is 2.65. The van der Waals surface area contributed by atoms with Crippen LogP contribution >= 0.6 is 22.9 Å². The molecular formula is C14H21ClN2OS. The van der Waals surface area contributed by atoms with Crippen molar-refractivity contribution in [2.45, 2.75) is 51.6 Å². The number of halogens is 1. The zero-order chi connectivity index (χ0) is 13.8. The van der Waals surface area contributed by atoms with Crippen LogP contribution in [-0.2, 0) is 11.2 Å². The quantitative estimate of drug-likeness (QED) is 0.876. The van der Waals surface area contributed by atoms with Gasteiger partial charge >= 0.3 is 0 Å². The highest BCUT2D eigenvalue weighted by atomic mass is 35.5. The lowest BCUT2D eigenvalue weighted by Gasteiger charge is -2.23. The van der Waals surface area contributed by atoms with Crippen molar-refractivity contribution in [2.24, 2.45) is 0 Å². The Balaban J connectivity index is 1.82. The third-order valence-electron chi connectivity index (χ3n) is 3.28. The average Bonchev–Trinajstić information content (AvgIpc) is 2.69. The Kier molecular flexibility index (Phi) is 5.25. The second kappa shape index (κ2) is 6.73. The molecule has 2 N–H and O–H groups in total.